The molecule has 0 fully saturated rings. The van der Waals surface area contributed by atoms with Gasteiger partial charge in [-0.3, -0.25) is 9.79 Å². The van der Waals surface area contributed by atoms with E-state index in [-0.39, 0.29) is 35.9 Å². The van der Waals surface area contributed by atoms with E-state index in [1.165, 1.54) is 5.56 Å². The third-order valence-electron chi connectivity index (χ3n) is 5.07. The third kappa shape index (κ3) is 8.31. The molecule has 0 radical (unpaired) electrons. The number of likely N-dealkylation sites (N-methyl/N-ethyl adjacent to an activating group) is 1. The van der Waals surface area contributed by atoms with E-state index >= 15 is 0 Å². The van der Waals surface area contributed by atoms with E-state index in [0.717, 1.165) is 23.7 Å². The maximum absolute atomic E-state index is 12.2. The minimum atomic E-state index is 0. The van der Waals surface area contributed by atoms with Crippen LogP contribution in [-0.2, 0) is 6.42 Å². The first-order chi connectivity index (χ1) is 14.8. The van der Waals surface area contributed by atoms with Gasteiger partial charge in [0, 0.05) is 39.8 Å². The van der Waals surface area contributed by atoms with Crippen LogP contribution in [0.15, 0.2) is 53.5 Å². The molecule has 8 heteroatoms. The maximum atomic E-state index is 12.2. The molecule has 1 amide bonds. The van der Waals surface area contributed by atoms with E-state index in [0.29, 0.717) is 18.7 Å². The van der Waals surface area contributed by atoms with Crippen molar-refractivity contribution in [3.63, 3.8) is 0 Å². The molecule has 2 aromatic carbocycles. The fraction of sp³-hybridized carbons (Fsp3) is 0.417. The van der Waals surface area contributed by atoms with Crippen LogP contribution in [0, 0.1) is 0 Å². The Kier molecular flexibility index (Phi) is 12.1. The predicted molar refractivity (Wildman–Crippen MR) is 142 cm³/mol. The highest BCUT2D eigenvalue weighted by atomic mass is 127. The Morgan fingerprint density at radius 3 is 2.41 bits per heavy atom. The maximum Gasteiger partial charge on any atom is 0.253 e. The first kappa shape index (κ1) is 27.7. The molecular weight excluding hydrogens is 517 g/mol. The quantitative estimate of drug-likeness (QED) is 0.284. The van der Waals surface area contributed by atoms with Crippen molar-refractivity contribution in [2.24, 2.45) is 4.99 Å². The highest BCUT2D eigenvalue weighted by Gasteiger charge is 2.15. The Morgan fingerprint density at radius 1 is 1.06 bits per heavy atom. The number of nitrogens with one attached hydrogen (secondary N) is 2. The highest BCUT2D eigenvalue weighted by Crippen LogP contribution is 2.22. The summed E-state index contributed by atoms with van der Waals surface area (Å²) < 4.78 is 5.36. The lowest BCUT2D eigenvalue weighted by atomic mass is 10.1. The van der Waals surface area contributed by atoms with Crippen LogP contribution in [0.25, 0.3) is 0 Å². The number of guanidine groups is 1. The lowest BCUT2D eigenvalue weighted by molar-refractivity contribution is 0.0827. The fourth-order valence-electron chi connectivity index (χ4n) is 3.30. The number of amides is 1. The van der Waals surface area contributed by atoms with E-state index < -0.39 is 0 Å². The number of aliphatic imine (C=N–C) groups is 1. The second-order valence-corrected chi connectivity index (χ2v) is 7.79. The van der Waals surface area contributed by atoms with Gasteiger partial charge in [-0.2, -0.15) is 0 Å². The van der Waals surface area contributed by atoms with Gasteiger partial charge in [-0.1, -0.05) is 24.3 Å². The molecule has 2 N–H and O–H groups in total. The third-order valence-corrected chi connectivity index (χ3v) is 5.07. The second-order valence-electron chi connectivity index (χ2n) is 7.79. The molecule has 0 spiro atoms. The molecule has 2 aromatic rings. The SMILES string of the molecule is CN=C(NCCc1cccc(C(=O)N(C)C)c1)NCC(c1cccc(OC)c1)N(C)C.I. The van der Waals surface area contributed by atoms with Gasteiger partial charge in [0.1, 0.15) is 5.75 Å². The van der Waals surface area contributed by atoms with Crippen molar-refractivity contribution in [1.82, 2.24) is 20.4 Å². The molecule has 176 valence electrons. The van der Waals surface area contributed by atoms with Gasteiger partial charge in [0.15, 0.2) is 5.96 Å². The molecule has 0 aliphatic heterocycles. The Labute approximate surface area is 209 Å². The second kappa shape index (κ2) is 13.9. The summed E-state index contributed by atoms with van der Waals surface area (Å²) in [5.74, 6) is 1.61. The van der Waals surface area contributed by atoms with E-state index in [9.17, 15) is 4.79 Å². The van der Waals surface area contributed by atoms with Crippen molar-refractivity contribution in [2.45, 2.75) is 12.5 Å². The van der Waals surface area contributed by atoms with Crippen LogP contribution in [0.4, 0.5) is 0 Å². The topological polar surface area (TPSA) is 69.2 Å². The van der Waals surface area contributed by atoms with Gasteiger partial charge in [0.2, 0.25) is 0 Å². The van der Waals surface area contributed by atoms with Crippen molar-refractivity contribution in [2.75, 3.05) is 55.4 Å². The zero-order valence-corrected chi connectivity index (χ0v) is 22.2. The van der Waals surface area contributed by atoms with Crippen LogP contribution >= 0.6 is 24.0 Å². The molecule has 2 rings (SSSR count). The van der Waals surface area contributed by atoms with Crippen molar-refractivity contribution >= 4 is 35.8 Å². The van der Waals surface area contributed by atoms with E-state index in [2.05, 4.69) is 46.8 Å². The zero-order valence-electron chi connectivity index (χ0n) is 19.9. The molecule has 1 atom stereocenters. The summed E-state index contributed by atoms with van der Waals surface area (Å²) in [5.41, 5.74) is 2.99. The van der Waals surface area contributed by atoms with E-state index in [1.54, 1.807) is 33.2 Å². The molecule has 32 heavy (non-hydrogen) atoms. The Bertz CT molecular complexity index is 886. The molecule has 1 unspecified atom stereocenters. The van der Waals surface area contributed by atoms with Crippen LogP contribution in [-0.4, -0.2) is 77.1 Å². The summed E-state index contributed by atoms with van der Waals surface area (Å²) in [6.07, 6.45) is 0.794. The minimum Gasteiger partial charge on any atom is -0.497 e. The van der Waals surface area contributed by atoms with Crippen LogP contribution in [0.2, 0.25) is 0 Å². The lowest BCUT2D eigenvalue weighted by Crippen LogP contribution is -2.42. The average Bonchev–Trinajstić information content (AvgIpc) is 2.77. The number of ether oxygens (including phenoxy) is 1. The van der Waals surface area contributed by atoms with Crippen LogP contribution < -0.4 is 15.4 Å². The normalized spacial score (nSPS) is 12.0. The summed E-state index contributed by atoms with van der Waals surface area (Å²) in [5, 5.41) is 6.77. The largest absolute Gasteiger partial charge is 0.497 e. The van der Waals surface area contributed by atoms with Gasteiger partial charge >= 0.3 is 0 Å². The molecule has 0 aliphatic rings. The summed E-state index contributed by atoms with van der Waals surface area (Å²) in [6, 6.07) is 16.0. The highest BCUT2D eigenvalue weighted by molar-refractivity contribution is 14.0. The Hall–Kier alpha value is -2.33. The molecule has 0 saturated heterocycles. The van der Waals surface area contributed by atoms with Gasteiger partial charge in [-0.05, 0) is 55.9 Å². The fourth-order valence-corrected chi connectivity index (χ4v) is 3.30. The van der Waals surface area contributed by atoms with Crippen molar-refractivity contribution in [3.8, 4) is 5.75 Å². The number of methoxy groups -OCH3 is 1. The van der Waals surface area contributed by atoms with Gasteiger partial charge in [-0.15, -0.1) is 24.0 Å². The van der Waals surface area contributed by atoms with Crippen LogP contribution in [0.5, 0.6) is 5.75 Å². The van der Waals surface area contributed by atoms with Crippen molar-refractivity contribution < 1.29 is 9.53 Å². The number of nitrogens with zero attached hydrogens (tertiary/aromatic N) is 3. The summed E-state index contributed by atoms with van der Waals surface area (Å²) in [6.45, 7) is 1.41. The molecule has 0 bridgehead atoms. The summed E-state index contributed by atoms with van der Waals surface area (Å²) in [7, 11) is 11.1. The van der Waals surface area contributed by atoms with Gasteiger partial charge in [0.25, 0.3) is 5.91 Å². The molecule has 0 aromatic heterocycles. The minimum absolute atomic E-state index is 0. The number of benzene rings is 2. The number of carbonyl (C=O) groups excluding carboxylic acids is 1. The van der Waals surface area contributed by atoms with Crippen LogP contribution in [0.3, 0.4) is 0 Å². The summed E-state index contributed by atoms with van der Waals surface area (Å²) >= 11 is 0. The molecule has 0 aliphatic carbocycles. The Balaban J connectivity index is 0.00000512. The van der Waals surface area contributed by atoms with Crippen molar-refractivity contribution in [3.05, 3.63) is 65.2 Å². The van der Waals surface area contributed by atoms with Crippen LogP contribution in [0.1, 0.15) is 27.5 Å². The molecule has 0 saturated carbocycles. The average molecular weight is 553 g/mol. The van der Waals surface area contributed by atoms with E-state index in [1.807, 2.05) is 36.4 Å². The number of hydrogen-bond donors (Lipinski definition) is 2. The monoisotopic (exact) mass is 553 g/mol. The number of halogens is 1. The standard InChI is InChI=1S/C24H35N5O2.HI/c1-25-24(26-14-13-18-9-7-11-20(15-18)23(30)29(4)5)27-17-22(28(2)3)19-10-8-12-21(16-19)31-6;/h7-12,15-16,22H,13-14,17H2,1-6H3,(H2,25,26,27);1H. The smallest absolute Gasteiger partial charge is 0.253 e. The van der Waals surface area contributed by atoms with E-state index in [4.69, 9.17) is 4.74 Å². The molecule has 7 nitrogen and oxygen atoms in total. The first-order valence-corrected chi connectivity index (χ1v) is 10.4. The van der Waals surface area contributed by atoms with Gasteiger partial charge < -0.3 is 25.2 Å². The molecular formula is C24H36IN5O2. The Morgan fingerprint density at radius 2 is 1.78 bits per heavy atom. The first-order valence-electron chi connectivity index (χ1n) is 10.4. The number of rotatable bonds is 9. The lowest BCUT2D eigenvalue weighted by Gasteiger charge is -2.26. The predicted octanol–water partition coefficient (Wildman–Crippen LogP) is 3.03. The number of hydrogen-bond acceptors (Lipinski definition) is 4. The summed E-state index contributed by atoms with van der Waals surface area (Å²) in [4.78, 5) is 20.3. The van der Waals surface area contributed by atoms with Crippen molar-refractivity contribution in [1.29, 1.82) is 0 Å². The van der Waals surface area contributed by atoms with Gasteiger partial charge in [0.05, 0.1) is 13.2 Å². The zero-order chi connectivity index (χ0) is 22.8. The molecule has 0 heterocycles. The number of carbonyl (C=O) groups is 1. The van der Waals surface area contributed by atoms with Gasteiger partial charge in [-0.25, -0.2) is 0 Å².